The topological polar surface area (TPSA) is 48.3 Å². The van der Waals surface area contributed by atoms with E-state index in [1.54, 1.807) is 13.1 Å². The van der Waals surface area contributed by atoms with E-state index in [0.29, 0.717) is 12.3 Å². The number of halogens is 1. The van der Waals surface area contributed by atoms with Gasteiger partial charge in [-0.3, -0.25) is 9.59 Å². The standard InChI is InChI=1S/C15H14ClNO3/c1-3-20-11-6-4-10(5-7-11)13-9-8-12(14(16)18)15(19)17(13)2/h4-9H,3H2,1-2H3. The molecule has 4 nitrogen and oxygen atoms in total. The lowest BCUT2D eigenvalue weighted by molar-refractivity contribution is 0.107. The van der Waals surface area contributed by atoms with Crippen molar-refractivity contribution in [3.8, 4) is 17.0 Å². The van der Waals surface area contributed by atoms with Crippen molar-refractivity contribution in [3.05, 3.63) is 52.3 Å². The summed E-state index contributed by atoms with van der Waals surface area (Å²) in [6.07, 6.45) is 0. The predicted molar refractivity (Wildman–Crippen MR) is 78.5 cm³/mol. The number of ether oxygens (including phenoxy) is 1. The summed E-state index contributed by atoms with van der Waals surface area (Å²) in [6.45, 7) is 2.52. The van der Waals surface area contributed by atoms with E-state index in [2.05, 4.69) is 0 Å². The summed E-state index contributed by atoms with van der Waals surface area (Å²) in [5, 5.41) is -0.746. The van der Waals surface area contributed by atoms with E-state index in [-0.39, 0.29) is 5.56 Å². The van der Waals surface area contributed by atoms with Crippen molar-refractivity contribution in [2.24, 2.45) is 7.05 Å². The maximum atomic E-state index is 12.0. The molecule has 1 aromatic heterocycles. The molecule has 104 valence electrons. The van der Waals surface area contributed by atoms with Gasteiger partial charge >= 0.3 is 0 Å². The van der Waals surface area contributed by atoms with Crippen LogP contribution in [0.15, 0.2) is 41.2 Å². The average Bonchev–Trinajstić information content (AvgIpc) is 2.43. The minimum Gasteiger partial charge on any atom is -0.494 e. The van der Waals surface area contributed by atoms with Gasteiger partial charge in [0.15, 0.2) is 0 Å². The Morgan fingerprint density at radius 2 is 1.85 bits per heavy atom. The lowest BCUT2D eigenvalue weighted by atomic mass is 10.1. The fourth-order valence-electron chi connectivity index (χ4n) is 1.96. The van der Waals surface area contributed by atoms with Crippen LogP contribution in [0.3, 0.4) is 0 Å². The van der Waals surface area contributed by atoms with Crippen molar-refractivity contribution in [3.63, 3.8) is 0 Å². The van der Waals surface area contributed by atoms with E-state index >= 15 is 0 Å². The van der Waals surface area contributed by atoms with Crippen molar-refractivity contribution in [1.29, 1.82) is 0 Å². The smallest absolute Gasteiger partial charge is 0.262 e. The van der Waals surface area contributed by atoms with Gasteiger partial charge in [0.25, 0.3) is 10.8 Å². The van der Waals surface area contributed by atoms with Crippen LogP contribution < -0.4 is 10.3 Å². The molecule has 2 rings (SSSR count). The Morgan fingerprint density at radius 3 is 2.40 bits per heavy atom. The zero-order valence-electron chi connectivity index (χ0n) is 11.2. The number of rotatable bonds is 4. The molecule has 0 spiro atoms. The molecule has 0 aliphatic carbocycles. The second-order valence-corrected chi connectivity index (χ2v) is 4.57. The van der Waals surface area contributed by atoms with Gasteiger partial charge < -0.3 is 9.30 Å². The highest BCUT2D eigenvalue weighted by Gasteiger charge is 2.12. The molecule has 1 aromatic carbocycles. The van der Waals surface area contributed by atoms with Gasteiger partial charge in [-0.1, -0.05) is 0 Å². The van der Waals surface area contributed by atoms with Gasteiger partial charge in [0, 0.05) is 7.05 Å². The molecular formula is C15H14ClNO3. The highest BCUT2D eigenvalue weighted by Crippen LogP contribution is 2.21. The van der Waals surface area contributed by atoms with E-state index < -0.39 is 10.8 Å². The van der Waals surface area contributed by atoms with Crippen LogP contribution in [-0.4, -0.2) is 16.4 Å². The summed E-state index contributed by atoms with van der Waals surface area (Å²) in [5.74, 6) is 0.772. The van der Waals surface area contributed by atoms with Gasteiger partial charge in [-0.15, -0.1) is 0 Å². The van der Waals surface area contributed by atoms with Gasteiger partial charge in [0.05, 0.1) is 17.9 Å². The number of pyridine rings is 1. The molecule has 0 amide bonds. The Hall–Kier alpha value is -2.07. The molecule has 5 heteroatoms. The monoisotopic (exact) mass is 291 g/mol. The molecule has 0 N–H and O–H groups in total. The molecule has 0 atom stereocenters. The minimum atomic E-state index is -0.746. The maximum Gasteiger partial charge on any atom is 0.262 e. The van der Waals surface area contributed by atoms with Crippen LogP contribution in [0.1, 0.15) is 17.3 Å². The van der Waals surface area contributed by atoms with Crippen LogP contribution in [0, 0.1) is 0 Å². The van der Waals surface area contributed by atoms with Crippen LogP contribution in [0.25, 0.3) is 11.3 Å². The highest BCUT2D eigenvalue weighted by atomic mass is 35.5. The molecular weight excluding hydrogens is 278 g/mol. The molecule has 0 radical (unpaired) electrons. The van der Waals surface area contributed by atoms with E-state index in [1.807, 2.05) is 31.2 Å². The van der Waals surface area contributed by atoms with Crippen LogP contribution in [0.2, 0.25) is 0 Å². The fourth-order valence-corrected chi connectivity index (χ4v) is 2.11. The van der Waals surface area contributed by atoms with Gasteiger partial charge in [0.2, 0.25) is 0 Å². The van der Waals surface area contributed by atoms with Crippen molar-refractivity contribution in [2.45, 2.75) is 6.92 Å². The largest absolute Gasteiger partial charge is 0.494 e. The number of nitrogens with zero attached hydrogens (tertiary/aromatic N) is 1. The van der Waals surface area contributed by atoms with Crippen LogP contribution in [0.4, 0.5) is 0 Å². The Labute approximate surface area is 121 Å². The van der Waals surface area contributed by atoms with E-state index in [1.165, 1.54) is 10.6 Å². The Bertz CT molecular complexity index is 689. The predicted octanol–water partition coefficient (Wildman–Crippen LogP) is 2.83. The number of hydrogen-bond donors (Lipinski definition) is 0. The molecule has 0 bridgehead atoms. The first-order valence-corrected chi connectivity index (χ1v) is 6.55. The van der Waals surface area contributed by atoms with Crippen LogP contribution >= 0.6 is 11.6 Å². The molecule has 0 fully saturated rings. The van der Waals surface area contributed by atoms with Crippen molar-refractivity contribution in [1.82, 2.24) is 4.57 Å². The first-order chi connectivity index (χ1) is 9.54. The zero-order valence-corrected chi connectivity index (χ0v) is 12.0. The number of carbonyl (C=O) groups is 1. The molecule has 0 saturated heterocycles. The Kier molecular flexibility index (Phi) is 4.25. The number of aromatic nitrogens is 1. The molecule has 0 unspecified atom stereocenters. The van der Waals surface area contributed by atoms with Crippen molar-refractivity contribution < 1.29 is 9.53 Å². The van der Waals surface area contributed by atoms with E-state index in [4.69, 9.17) is 16.3 Å². The Morgan fingerprint density at radius 1 is 1.20 bits per heavy atom. The second-order valence-electron chi connectivity index (χ2n) is 4.23. The minimum absolute atomic E-state index is 0.0242. The molecule has 20 heavy (non-hydrogen) atoms. The summed E-state index contributed by atoms with van der Waals surface area (Å²) in [7, 11) is 1.61. The quantitative estimate of drug-likeness (QED) is 0.814. The summed E-state index contributed by atoms with van der Waals surface area (Å²) in [4.78, 5) is 23.1. The first-order valence-electron chi connectivity index (χ1n) is 6.17. The second kappa shape index (κ2) is 5.92. The third-order valence-electron chi connectivity index (χ3n) is 2.98. The van der Waals surface area contributed by atoms with Gasteiger partial charge in [-0.25, -0.2) is 0 Å². The Balaban J connectivity index is 2.45. The normalized spacial score (nSPS) is 10.3. The van der Waals surface area contributed by atoms with E-state index in [9.17, 15) is 9.59 Å². The molecule has 0 aliphatic heterocycles. The number of carbonyl (C=O) groups excluding carboxylic acids is 1. The maximum absolute atomic E-state index is 12.0. The van der Waals surface area contributed by atoms with Crippen LogP contribution in [0.5, 0.6) is 5.75 Å². The summed E-state index contributed by atoms with van der Waals surface area (Å²) >= 11 is 5.37. The van der Waals surface area contributed by atoms with Crippen molar-refractivity contribution in [2.75, 3.05) is 6.61 Å². The molecule has 0 aliphatic rings. The average molecular weight is 292 g/mol. The molecule has 0 saturated carbocycles. The summed E-state index contributed by atoms with van der Waals surface area (Å²) in [5.41, 5.74) is 1.14. The van der Waals surface area contributed by atoms with Crippen LogP contribution in [-0.2, 0) is 7.05 Å². The summed E-state index contributed by atoms with van der Waals surface area (Å²) < 4.78 is 6.78. The molecule has 2 aromatic rings. The lowest BCUT2D eigenvalue weighted by Gasteiger charge is -2.10. The third-order valence-corrected chi connectivity index (χ3v) is 3.18. The number of hydrogen-bond acceptors (Lipinski definition) is 3. The first kappa shape index (κ1) is 14.3. The van der Waals surface area contributed by atoms with Crippen molar-refractivity contribution >= 4 is 16.8 Å². The van der Waals surface area contributed by atoms with E-state index in [0.717, 1.165) is 11.3 Å². The lowest BCUT2D eigenvalue weighted by Crippen LogP contribution is -2.23. The highest BCUT2D eigenvalue weighted by molar-refractivity contribution is 6.67. The zero-order chi connectivity index (χ0) is 14.7. The summed E-state index contributed by atoms with van der Waals surface area (Å²) in [6, 6.07) is 10.5. The number of benzene rings is 1. The SMILES string of the molecule is CCOc1ccc(-c2ccc(C(=O)Cl)c(=O)n2C)cc1. The third kappa shape index (κ3) is 2.75. The van der Waals surface area contributed by atoms with Gasteiger partial charge in [-0.05, 0) is 60.5 Å². The van der Waals surface area contributed by atoms with Gasteiger partial charge in [0.1, 0.15) is 5.75 Å². The van der Waals surface area contributed by atoms with Gasteiger partial charge in [-0.2, -0.15) is 0 Å². The molecule has 1 heterocycles. The fraction of sp³-hybridized carbons (Fsp3) is 0.200.